The van der Waals surface area contributed by atoms with Gasteiger partial charge in [0.1, 0.15) is 5.60 Å². The smallest absolute Gasteiger partial charge is 0.310 e. The van der Waals surface area contributed by atoms with Crippen LogP contribution in [0.2, 0.25) is 18.1 Å². The van der Waals surface area contributed by atoms with Crippen molar-refractivity contribution in [1.29, 1.82) is 0 Å². The number of carbonyl (C=O) groups is 1. The van der Waals surface area contributed by atoms with Crippen molar-refractivity contribution in [3.63, 3.8) is 0 Å². The number of esters is 1. The van der Waals surface area contributed by atoms with Crippen LogP contribution in [0.15, 0.2) is 0 Å². The fraction of sp³-hybridized carbons (Fsp3) is 0.909. The lowest BCUT2D eigenvalue weighted by Gasteiger charge is -2.42. The Morgan fingerprint density at radius 3 is 2.27 bits per heavy atom. The summed E-state index contributed by atoms with van der Waals surface area (Å²) in [5, 5.41) is 0.205. The normalized spacial score (nSPS) is 27.2. The summed E-state index contributed by atoms with van der Waals surface area (Å²) >= 11 is 0. The van der Waals surface area contributed by atoms with Gasteiger partial charge in [-0.15, -0.1) is 0 Å². The first kappa shape index (κ1) is 12.7. The summed E-state index contributed by atoms with van der Waals surface area (Å²) in [6.07, 6.45) is 0.488. The van der Waals surface area contributed by atoms with E-state index in [-0.39, 0.29) is 16.6 Å². The molecule has 0 aromatic heterocycles. The molecule has 1 atom stereocenters. The van der Waals surface area contributed by atoms with Crippen molar-refractivity contribution >= 4 is 14.3 Å². The second-order valence-corrected chi connectivity index (χ2v) is 11.0. The molecule has 1 fully saturated rings. The van der Waals surface area contributed by atoms with Crippen LogP contribution in [0.5, 0.6) is 0 Å². The number of hydrogen-bond acceptors (Lipinski definition) is 3. The maximum absolute atomic E-state index is 10.8. The van der Waals surface area contributed by atoms with E-state index in [4.69, 9.17) is 9.16 Å². The van der Waals surface area contributed by atoms with E-state index in [1.54, 1.807) is 0 Å². The van der Waals surface area contributed by atoms with Gasteiger partial charge in [-0.25, -0.2) is 0 Å². The zero-order chi connectivity index (χ0) is 11.9. The molecule has 0 radical (unpaired) electrons. The number of cyclic esters (lactones) is 1. The summed E-state index contributed by atoms with van der Waals surface area (Å²) in [5.74, 6) is -0.115. The van der Waals surface area contributed by atoms with E-state index >= 15 is 0 Å². The molecule has 4 heteroatoms. The van der Waals surface area contributed by atoms with E-state index in [9.17, 15) is 4.79 Å². The topological polar surface area (TPSA) is 35.5 Å². The van der Waals surface area contributed by atoms with Crippen molar-refractivity contribution in [2.75, 3.05) is 6.61 Å². The van der Waals surface area contributed by atoms with Crippen LogP contribution < -0.4 is 0 Å². The summed E-state index contributed by atoms with van der Waals surface area (Å²) in [6.45, 7) is 13.5. The van der Waals surface area contributed by atoms with Gasteiger partial charge in [0.05, 0.1) is 13.0 Å². The third-order valence-corrected chi connectivity index (χ3v) is 7.90. The third kappa shape index (κ3) is 2.81. The van der Waals surface area contributed by atoms with Crippen molar-refractivity contribution in [1.82, 2.24) is 0 Å². The molecular weight excluding hydrogens is 208 g/mol. The highest BCUT2D eigenvalue weighted by molar-refractivity contribution is 6.74. The summed E-state index contributed by atoms with van der Waals surface area (Å²) < 4.78 is 11.1. The van der Waals surface area contributed by atoms with Gasteiger partial charge in [-0.2, -0.15) is 0 Å². The molecule has 1 rings (SSSR count). The number of carbonyl (C=O) groups excluding carboxylic acids is 1. The van der Waals surface area contributed by atoms with Gasteiger partial charge in [0.2, 0.25) is 0 Å². The summed E-state index contributed by atoms with van der Waals surface area (Å²) in [5.41, 5.74) is -0.368. The Morgan fingerprint density at radius 2 is 1.93 bits per heavy atom. The van der Waals surface area contributed by atoms with Gasteiger partial charge >= 0.3 is 5.97 Å². The Kier molecular flexibility index (Phi) is 3.05. The second-order valence-electron chi connectivity index (χ2n) is 6.15. The first-order valence-corrected chi connectivity index (χ1v) is 8.32. The molecule has 1 unspecified atom stereocenters. The van der Waals surface area contributed by atoms with E-state index in [0.717, 1.165) is 0 Å². The van der Waals surface area contributed by atoms with E-state index in [1.807, 2.05) is 6.92 Å². The Morgan fingerprint density at radius 1 is 1.47 bits per heavy atom. The molecule has 88 valence electrons. The van der Waals surface area contributed by atoms with Crippen LogP contribution in [-0.2, 0) is 14.0 Å². The van der Waals surface area contributed by atoms with Gasteiger partial charge in [0, 0.05) is 0 Å². The summed E-state index contributed by atoms with van der Waals surface area (Å²) in [4.78, 5) is 10.8. The Balaban J connectivity index is 2.47. The molecule has 0 amide bonds. The highest BCUT2D eigenvalue weighted by Gasteiger charge is 2.45. The Bertz CT molecular complexity index is 257. The fourth-order valence-electron chi connectivity index (χ4n) is 1.20. The molecule has 1 aliphatic heterocycles. The van der Waals surface area contributed by atoms with Gasteiger partial charge in [-0.3, -0.25) is 4.79 Å². The van der Waals surface area contributed by atoms with E-state index in [1.165, 1.54) is 0 Å². The molecule has 15 heavy (non-hydrogen) atoms. The Hall–Kier alpha value is -0.353. The lowest BCUT2D eigenvalue weighted by molar-refractivity contribution is -0.193. The molecule has 0 N–H and O–H groups in total. The van der Waals surface area contributed by atoms with E-state index < -0.39 is 8.32 Å². The van der Waals surface area contributed by atoms with Gasteiger partial charge in [-0.05, 0) is 25.1 Å². The number of rotatable bonds is 3. The zero-order valence-electron chi connectivity index (χ0n) is 10.6. The van der Waals surface area contributed by atoms with Crippen molar-refractivity contribution in [3.05, 3.63) is 0 Å². The van der Waals surface area contributed by atoms with Gasteiger partial charge < -0.3 is 9.16 Å². The first-order valence-electron chi connectivity index (χ1n) is 5.42. The molecule has 0 aromatic rings. The summed E-state index contributed by atoms with van der Waals surface area (Å²) in [6, 6.07) is 0. The van der Waals surface area contributed by atoms with Crippen LogP contribution in [0.4, 0.5) is 0 Å². The van der Waals surface area contributed by atoms with E-state index in [0.29, 0.717) is 13.0 Å². The second kappa shape index (κ2) is 3.59. The average Bonchev–Trinajstić information content (AvgIpc) is 1.96. The standard InChI is InChI=1S/C11H22O3Si/c1-10(2,3)15(5,6)13-8-11(4)7-9(12)14-11/h7-8H2,1-6H3. The third-order valence-electron chi connectivity index (χ3n) is 3.42. The quantitative estimate of drug-likeness (QED) is 0.552. The van der Waals surface area contributed by atoms with Crippen molar-refractivity contribution in [2.45, 2.75) is 57.8 Å². The van der Waals surface area contributed by atoms with Crippen LogP contribution in [-0.4, -0.2) is 26.5 Å². The maximum Gasteiger partial charge on any atom is 0.310 e. The SMILES string of the molecule is CC1(CO[Si](C)(C)C(C)(C)C)CC(=O)O1. The van der Waals surface area contributed by atoms with Crippen LogP contribution in [0.1, 0.15) is 34.1 Å². The van der Waals surface area contributed by atoms with E-state index in [2.05, 4.69) is 33.9 Å². The van der Waals surface area contributed by atoms with Crippen LogP contribution >= 0.6 is 0 Å². The van der Waals surface area contributed by atoms with Crippen LogP contribution in [0.25, 0.3) is 0 Å². The van der Waals surface area contributed by atoms with Gasteiger partial charge in [-0.1, -0.05) is 20.8 Å². The monoisotopic (exact) mass is 230 g/mol. The minimum Gasteiger partial charge on any atom is -0.456 e. The van der Waals surface area contributed by atoms with Crippen molar-refractivity contribution in [3.8, 4) is 0 Å². The minimum atomic E-state index is -1.71. The largest absolute Gasteiger partial charge is 0.456 e. The minimum absolute atomic E-state index is 0.115. The molecule has 1 saturated heterocycles. The van der Waals surface area contributed by atoms with Gasteiger partial charge in [0.25, 0.3) is 0 Å². The molecule has 0 saturated carbocycles. The molecule has 0 aromatic carbocycles. The molecule has 0 aliphatic carbocycles. The number of hydrogen-bond donors (Lipinski definition) is 0. The lowest BCUT2D eigenvalue weighted by atomic mass is 9.98. The summed E-state index contributed by atoms with van der Waals surface area (Å²) in [7, 11) is -1.71. The maximum atomic E-state index is 10.8. The highest BCUT2D eigenvalue weighted by atomic mass is 28.4. The Labute approximate surface area is 93.3 Å². The highest BCUT2D eigenvalue weighted by Crippen LogP contribution is 2.38. The molecule has 0 spiro atoms. The number of ether oxygens (including phenoxy) is 1. The lowest BCUT2D eigenvalue weighted by Crippen LogP contribution is -2.52. The molecule has 1 heterocycles. The molecular formula is C11H22O3Si. The average molecular weight is 230 g/mol. The van der Waals surface area contributed by atoms with Crippen LogP contribution in [0, 0.1) is 0 Å². The zero-order valence-corrected chi connectivity index (χ0v) is 11.6. The predicted octanol–water partition coefficient (Wildman–Crippen LogP) is 2.71. The molecule has 0 bridgehead atoms. The first-order chi connectivity index (χ1) is 6.56. The van der Waals surface area contributed by atoms with Crippen molar-refractivity contribution < 1.29 is 14.0 Å². The molecule has 3 nitrogen and oxygen atoms in total. The fourth-order valence-corrected chi connectivity index (χ4v) is 2.30. The molecule has 1 aliphatic rings. The van der Waals surface area contributed by atoms with Crippen LogP contribution in [0.3, 0.4) is 0 Å². The van der Waals surface area contributed by atoms with Crippen molar-refractivity contribution in [2.24, 2.45) is 0 Å². The predicted molar refractivity (Wildman–Crippen MR) is 62.3 cm³/mol. The van der Waals surface area contributed by atoms with Gasteiger partial charge in [0.15, 0.2) is 8.32 Å².